The Bertz CT molecular complexity index is 15.1. The van der Waals surface area contributed by atoms with Crippen LogP contribution in [0.3, 0.4) is 0 Å². The van der Waals surface area contributed by atoms with Crippen LogP contribution in [0.1, 0.15) is 0 Å². The van der Waals surface area contributed by atoms with Crippen LogP contribution in [0.2, 0.25) is 0 Å². The third-order valence-corrected chi connectivity index (χ3v) is 1.84. The first-order valence-corrected chi connectivity index (χ1v) is 4.67. The summed E-state index contributed by atoms with van der Waals surface area (Å²) in [6.07, 6.45) is 0. The van der Waals surface area contributed by atoms with E-state index in [1.54, 1.807) is 0 Å². The Labute approximate surface area is 40.5 Å². The van der Waals surface area contributed by atoms with Gasteiger partial charge in [0.25, 0.3) is 0 Å². The Hall–Kier alpha value is 0.543. The van der Waals surface area contributed by atoms with Crippen LogP contribution in [0.4, 0.5) is 0 Å². The van der Waals surface area contributed by atoms with Crippen LogP contribution < -0.4 is 8.12 Å². The van der Waals surface area contributed by atoms with Gasteiger partial charge in [-0.2, -0.15) is 0 Å². The summed E-state index contributed by atoms with van der Waals surface area (Å²) >= 11 is -0.403. The van der Waals surface area contributed by atoms with Crippen LogP contribution in [0.15, 0.2) is 0 Å². The molecule has 0 heterocycles. The summed E-state index contributed by atoms with van der Waals surface area (Å²) < 4.78 is 6.19. The van der Waals surface area contributed by atoms with Crippen molar-refractivity contribution in [2.45, 2.75) is 0 Å². The fraction of sp³-hybridized carbons (Fsp3) is 1.00. The van der Waals surface area contributed by atoms with Crippen molar-refractivity contribution in [3.8, 4) is 0 Å². The monoisotopic (exact) mass is 124 g/mol. The van der Waals surface area contributed by atoms with Crippen LogP contribution in [-0.2, 0) is 17.6 Å². The SMILES string of the molecule is C[NH][Zn][NH]C. The van der Waals surface area contributed by atoms with Crippen molar-refractivity contribution >= 4 is 0 Å². The molecule has 0 spiro atoms. The van der Waals surface area contributed by atoms with E-state index in [1.165, 1.54) is 0 Å². The van der Waals surface area contributed by atoms with Gasteiger partial charge >= 0.3 is 39.8 Å². The van der Waals surface area contributed by atoms with Gasteiger partial charge < -0.3 is 0 Å². The maximum atomic E-state index is 3.09. The van der Waals surface area contributed by atoms with Gasteiger partial charge in [0.2, 0.25) is 0 Å². The molecule has 0 radical (unpaired) electrons. The van der Waals surface area contributed by atoms with Gasteiger partial charge in [0, 0.05) is 0 Å². The molecular formula is C2H8N2Zn. The van der Waals surface area contributed by atoms with E-state index in [4.69, 9.17) is 0 Å². The van der Waals surface area contributed by atoms with Gasteiger partial charge in [-0.3, -0.25) is 0 Å². The van der Waals surface area contributed by atoms with Crippen molar-refractivity contribution in [3.05, 3.63) is 0 Å². The van der Waals surface area contributed by atoms with Crippen molar-refractivity contribution in [2.75, 3.05) is 14.1 Å². The molecule has 2 N–H and O–H groups in total. The zero-order valence-corrected chi connectivity index (χ0v) is 6.67. The summed E-state index contributed by atoms with van der Waals surface area (Å²) in [5.41, 5.74) is 0. The van der Waals surface area contributed by atoms with E-state index < -0.39 is 17.6 Å². The second kappa shape index (κ2) is 4.54. The normalized spacial score (nSPS) is 6.80. The number of hydrogen-bond acceptors (Lipinski definition) is 2. The molecule has 3 heteroatoms. The summed E-state index contributed by atoms with van der Waals surface area (Å²) in [5, 5.41) is 0. The fourth-order valence-electron chi connectivity index (χ4n) is 0.177. The average molecular weight is 125 g/mol. The zero-order chi connectivity index (χ0) is 4.12. The zero-order valence-electron chi connectivity index (χ0n) is 3.71. The fourth-order valence-corrected chi connectivity index (χ4v) is 0.919. The third kappa shape index (κ3) is 4.54. The molecule has 0 rings (SSSR count). The Kier molecular flexibility index (Phi) is 5.04. The predicted octanol–water partition coefficient (Wildman–Crippen LogP) is -0.662. The third-order valence-electron chi connectivity index (χ3n) is 0.354. The molecule has 0 bridgehead atoms. The molecular weight excluding hydrogens is 117 g/mol. The summed E-state index contributed by atoms with van der Waals surface area (Å²) in [7, 11) is 3.97. The molecule has 2 nitrogen and oxygen atoms in total. The number of hydrogen-bond donors (Lipinski definition) is 2. The molecule has 0 amide bonds. The molecule has 0 saturated heterocycles. The molecule has 0 aromatic carbocycles. The van der Waals surface area contributed by atoms with E-state index in [0.29, 0.717) is 0 Å². The standard InChI is InChI=1S/2CH4N.Zn/c2*1-2;/h2*2H,1H3;/q2*-1;+2. The Morgan fingerprint density at radius 1 is 1.20 bits per heavy atom. The first-order valence-electron chi connectivity index (χ1n) is 1.71. The van der Waals surface area contributed by atoms with Gasteiger partial charge in [0.1, 0.15) is 0 Å². The van der Waals surface area contributed by atoms with Gasteiger partial charge in [0.15, 0.2) is 0 Å². The Morgan fingerprint density at radius 3 is 1.60 bits per heavy atom. The van der Waals surface area contributed by atoms with Crippen LogP contribution in [0, 0.1) is 0 Å². The van der Waals surface area contributed by atoms with E-state index in [0.717, 1.165) is 0 Å². The van der Waals surface area contributed by atoms with Gasteiger partial charge in [-0.1, -0.05) is 0 Å². The molecule has 0 fully saturated rings. The molecule has 0 aliphatic carbocycles. The maximum absolute atomic E-state index is 3.09. The molecule has 5 heavy (non-hydrogen) atoms. The average Bonchev–Trinajstić information content (AvgIpc) is 1.41. The summed E-state index contributed by atoms with van der Waals surface area (Å²) in [6, 6.07) is 0. The van der Waals surface area contributed by atoms with Crippen LogP contribution in [0.25, 0.3) is 0 Å². The predicted molar refractivity (Wildman–Crippen MR) is 18.1 cm³/mol. The second-order valence-corrected chi connectivity index (χ2v) is 4.59. The first kappa shape index (κ1) is 5.54. The first-order chi connectivity index (χ1) is 2.41. The molecule has 28 valence electrons. The van der Waals surface area contributed by atoms with Gasteiger partial charge in [-0.05, 0) is 0 Å². The molecule has 0 saturated carbocycles. The molecule has 0 aliphatic rings. The molecule has 0 unspecified atom stereocenters. The molecule has 0 atom stereocenters. The summed E-state index contributed by atoms with van der Waals surface area (Å²) in [6.45, 7) is 0. The number of rotatable bonds is 2. The Balaban J connectivity index is 2.19. The molecule has 0 aromatic heterocycles. The minimum atomic E-state index is -0.403. The van der Waals surface area contributed by atoms with Crippen molar-refractivity contribution in [3.63, 3.8) is 0 Å². The van der Waals surface area contributed by atoms with Crippen LogP contribution >= 0.6 is 0 Å². The van der Waals surface area contributed by atoms with Crippen molar-refractivity contribution < 1.29 is 17.6 Å². The minimum absolute atomic E-state index is 0.403. The van der Waals surface area contributed by atoms with Crippen LogP contribution in [-0.4, -0.2) is 14.1 Å². The van der Waals surface area contributed by atoms with Crippen molar-refractivity contribution in [1.82, 2.24) is 8.12 Å². The van der Waals surface area contributed by atoms with Crippen molar-refractivity contribution in [2.24, 2.45) is 0 Å². The topological polar surface area (TPSA) is 24.1 Å². The van der Waals surface area contributed by atoms with E-state index in [1.807, 2.05) is 14.1 Å². The van der Waals surface area contributed by atoms with E-state index >= 15 is 0 Å². The number of nitrogens with one attached hydrogen (secondary N) is 2. The van der Waals surface area contributed by atoms with Gasteiger partial charge in [-0.15, -0.1) is 0 Å². The van der Waals surface area contributed by atoms with Crippen molar-refractivity contribution in [1.29, 1.82) is 0 Å². The Morgan fingerprint density at radius 2 is 1.60 bits per heavy atom. The van der Waals surface area contributed by atoms with Gasteiger partial charge in [0.05, 0.1) is 0 Å². The van der Waals surface area contributed by atoms with E-state index in [2.05, 4.69) is 8.12 Å². The van der Waals surface area contributed by atoms with E-state index in [-0.39, 0.29) is 0 Å². The quantitative estimate of drug-likeness (QED) is 0.479. The summed E-state index contributed by atoms with van der Waals surface area (Å²) in [5.74, 6) is 0. The summed E-state index contributed by atoms with van der Waals surface area (Å²) in [4.78, 5) is 0. The molecule has 0 aromatic rings. The van der Waals surface area contributed by atoms with Crippen LogP contribution in [0.5, 0.6) is 0 Å². The van der Waals surface area contributed by atoms with E-state index in [9.17, 15) is 0 Å². The second-order valence-electron chi connectivity index (χ2n) is 0.884. The van der Waals surface area contributed by atoms with Gasteiger partial charge in [-0.25, -0.2) is 0 Å². The molecule has 0 aliphatic heterocycles.